The van der Waals surface area contributed by atoms with Crippen LogP contribution in [0.1, 0.15) is 29.0 Å². The SMILES string of the molecule is Cc1ccc(S(=O)(=O)OCC2C[C@@H]3c4cccc5c4c(cn5C)C[C@H]3N(C)C2)cc1. The van der Waals surface area contributed by atoms with E-state index in [9.17, 15) is 8.42 Å². The fraction of sp³-hybridized carbons (Fsp3) is 0.417. The van der Waals surface area contributed by atoms with Crippen molar-refractivity contribution in [2.45, 2.75) is 36.6 Å². The van der Waals surface area contributed by atoms with Gasteiger partial charge in [0, 0.05) is 42.7 Å². The van der Waals surface area contributed by atoms with Gasteiger partial charge in [-0.25, -0.2) is 0 Å². The third-order valence-electron chi connectivity index (χ3n) is 6.89. The second-order valence-corrected chi connectivity index (χ2v) is 10.6. The first-order valence-electron chi connectivity index (χ1n) is 10.6. The predicted molar refractivity (Wildman–Crippen MR) is 118 cm³/mol. The van der Waals surface area contributed by atoms with E-state index in [1.807, 2.05) is 6.92 Å². The highest BCUT2D eigenvalue weighted by molar-refractivity contribution is 7.86. The molecule has 0 spiro atoms. The summed E-state index contributed by atoms with van der Waals surface area (Å²) in [4.78, 5) is 2.63. The monoisotopic (exact) mass is 424 g/mol. The molecule has 0 N–H and O–H groups in total. The topological polar surface area (TPSA) is 51.5 Å². The molecule has 3 atom stereocenters. The lowest BCUT2D eigenvalue weighted by molar-refractivity contribution is 0.0854. The fourth-order valence-electron chi connectivity index (χ4n) is 5.41. The van der Waals surface area contributed by atoms with Gasteiger partial charge in [-0.15, -0.1) is 0 Å². The van der Waals surface area contributed by atoms with Crippen molar-refractivity contribution in [3.8, 4) is 0 Å². The molecule has 2 aliphatic rings. The Hall–Kier alpha value is -2.15. The van der Waals surface area contributed by atoms with E-state index in [2.05, 4.69) is 48.0 Å². The largest absolute Gasteiger partial charge is 0.350 e. The van der Waals surface area contributed by atoms with Crippen LogP contribution in [0.5, 0.6) is 0 Å². The van der Waals surface area contributed by atoms with Gasteiger partial charge < -0.3 is 9.47 Å². The molecule has 2 heterocycles. The molecule has 5 nitrogen and oxygen atoms in total. The lowest BCUT2D eigenvalue weighted by Gasteiger charge is -2.45. The van der Waals surface area contributed by atoms with Crippen molar-refractivity contribution in [1.82, 2.24) is 9.47 Å². The maximum absolute atomic E-state index is 12.6. The number of rotatable bonds is 4. The van der Waals surface area contributed by atoms with Crippen LogP contribution in [0.3, 0.4) is 0 Å². The number of hydrogen-bond acceptors (Lipinski definition) is 4. The average molecular weight is 425 g/mol. The van der Waals surface area contributed by atoms with Gasteiger partial charge in [-0.3, -0.25) is 4.18 Å². The van der Waals surface area contributed by atoms with Gasteiger partial charge in [0.1, 0.15) is 0 Å². The van der Waals surface area contributed by atoms with Crippen LogP contribution in [-0.2, 0) is 27.8 Å². The Morgan fingerprint density at radius 3 is 2.63 bits per heavy atom. The fourth-order valence-corrected chi connectivity index (χ4v) is 6.39. The second-order valence-electron chi connectivity index (χ2n) is 8.98. The smallest absolute Gasteiger partial charge is 0.296 e. The molecule has 0 amide bonds. The normalized spacial score (nSPS) is 24.2. The maximum Gasteiger partial charge on any atom is 0.296 e. The third kappa shape index (κ3) is 3.27. The van der Waals surface area contributed by atoms with Gasteiger partial charge in [0.05, 0.1) is 11.5 Å². The number of likely N-dealkylation sites (N-methyl/N-ethyl adjacent to an activating group) is 1. The molecule has 1 aromatic heterocycles. The highest BCUT2D eigenvalue weighted by Gasteiger charge is 2.40. The van der Waals surface area contributed by atoms with Crippen LogP contribution in [0.4, 0.5) is 0 Å². The summed E-state index contributed by atoms with van der Waals surface area (Å²) in [5.74, 6) is 0.579. The van der Waals surface area contributed by atoms with Crippen molar-refractivity contribution in [3.63, 3.8) is 0 Å². The first-order valence-corrected chi connectivity index (χ1v) is 12.0. The van der Waals surface area contributed by atoms with E-state index in [0.717, 1.165) is 24.9 Å². The molecule has 1 aliphatic heterocycles. The second kappa shape index (κ2) is 7.22. The van der Waals surface area contributed by atoms with E-state index in [1.165, 1.54) is 22.0 Å². The summed E-state index contributed by atoms with van der Waals surface area (Å²) in [5.41, 5.74) is 5.13. The molecule has 1 unspecified atom stereocenters. The summed E-state index contributed by atoms with van der Waals surface area (Å²) in [5, 5.41) is 1.39. The van der Waals surface area contributed by atoms with E-state index < -0.39 is 10.1 Å². The lowest BCUT2D eigenvalue weighted by atomic mass is 9.72. The minimum Gasteiger partial charge on any atom is -0.350 e. The van der Waals surface area contributed by atoms with Crippen LogP contribution in [0.15, 0.2) is 53.6 Å². The zero-order chi connectivity index (χ0) is 21.0. The summed E-state index contributed by atoms with van der Waals surface area (Å²) in [7, 11) is 0.540. The van der Waals surface area contributed by atoms with E-state index in [-0.39, 0.29) is 17.4 Å². The molecule has 2 aromatic carbocycles. The van der Waals surface area contributed by atoms with Crippen LogP contribution < -0.4 is 0 Å². The minimum atomic E-state index is -3.73. The van der Waals surface area contributed by atoms with Crippen LogP contribution >= 0.6 is 0 Å². The number of benzene rings is 2. The Labute approximate surface area is 178 Å². The molecule has 1 fully saturated rings. The Morgan fingerprint density at radius 2 is 1.87 bits per heavy atom. The van der Waals surface area contributed by atoms with Crippen LogP contribution in [-0.4, -0.2) is 44.1 Å². The number of nitrogens with zero attached hydrogens (tertiary/aromatic N) is 2. The highest BCUT2D eigenvalue weighted by atomic mass is 32.2. The van der Waals surface area contributed by atoms with E-state index in [0.29, 0.717) is 12.0 Å². The first-order chi connectivity index (χ1) is 14.3. The number of aromatic nitrogens is 1. The summed E-state index contributed by atoms with van der Waals surface area (Å²) in [6, 6.07) is 13.9. The summed E-state index contributed by atoms with van der Waals surface area (Å²) < 4.78 is 33.0. The van der Waals surface area contributed by atoms with Crippen molar-refractivity contribution < 1.29 is 12.6 Å². The van der Waals surface area contributed by atoms with Crippen molar-refractivity contribution in [1.29, 1.82) is 0 Å². The minimum absolute atomic E-state index is 0.178. The molecule has 0 bridgehead atoms. The molecular formula is C24H28N2O3S. The average Bonchev–Trinajstić information content (AvgIpc) is 3.05. The van der Waals surface area contributed by atoms with Gasteiger partial charge in [0.15, 0.2) is 0 Å². The number of fused-ring (bicyclic) bond motifs is 2. The molecule has 3 aromatic rings. The molecule has 1 aliphatic carbocycles. The molecule has 1 saturated heterocycles. The van der Waals surface area contributed by atoms with Crippen LogP contribution in [0.25, 0.3) is 10.9 Å². The standard InChI is InChI=1S/C24H28N2O3S/c1-16-7-9-19(10-8-16)30(27,28)29-15-17-11-21-20-5-4-6-22-24(20)18(14-26(22)3)12-23(21)25(2)13-17/h4-10,14,17,21,23H,11-13,15H2,1-3H3/t17?,21-,23-/m1/s1. The number of piperidine rings is 1. The Morgan fingerprint density at radius 1 is 1.10 bits per heavy atom. The van der Waals surface area contributed by atoms with Gasteiger partial charge in [-0.1, -0.05) is 29.8 Å². The third-order valence-corrected chi connectivity index (χ3v) is 8.18. The zero-order valence-corrected chi connectivity index (χ0v) is 18.5. The highest BCUT2D eigenvalue weighted by Crippen LogP contribution is 2.44. The molecule has 0 radical (unpaired) electrons. The Bertz CT molecular complexity index is 1200. The molecule has 5 rings (SSSR count). The molecule has 158 valence electrons. The van der Waals surface area contributed by atoms with Gasteiger partial charge >= 0.3 is 0 Å². The van der Waals surface area contributed by atoms with Crippen molar-refractivity contribution in [2.24, 2.45) is 13.0 Å². The molecule has 0 saturated carbocycles. The molecular weight excluding hydrogens is 396 g/mol. The molecule has 6 heteroatoms. The van der Waals surface area contributed by atoms with E-state index >= 15 is 0 Å². The van der Waals surface area contributed by atoms with Crippen LogP contribution in [0.2, 0.25) is 0 Å². The van der Waals surface area contributed by atoms with Crippen molar-refractivity contribution in [3.05, 3.63) is 65.4 Å². The predicted octanol–water partition coefficient (Wildman–Crippen LogP) is 3.85. The van der Waals surface area contributed by atoms with Gasteiger partial charge in [0.2, 0.25) is 0 Å². The Kier molecular flexibility index (Phi) is 4.76. The van der Waals surface area contributed by atoms with Crippen molar-refractivity contribution >= 4 is 21.0 Å². The van der Waals surface area contributed by atoms with Gasteiger partial charge in [0.25, 0.3) is 10.1 Å². The quantitative estimate of drug-likeness (QED) is 0.597. The van der Waals surface area contributed by atoms with E-state index in [4.69, 9.17) is 4.18 Å². The number of aryl methyl sites for hydroxylation is 2. The first kappa shape index (κ1) is 19.8. The molecule has 30 heavy (non-hydrogen) atoms. The summed E-state index contributed by atoms with van der Waals surface area (Å²) in [6.45, 7) is 3.01. The summed E-state index contributed by atoms with van der Waals surface area (Å²) in [6.07, 6.45) is 4.26. The van der Waals surface area contributed by atoms with E-state index in [1.54, 1.807) is 24.3 Å². The maximum atomic E-state index is 12.6. The Balaban J connectivity index is 1.38. The zero-order valence-electron chi connectivity index (χ0n) is 17.7. The lowest BCUT2D eigenvalue weighted by Crippen LogP contribution is -2.48. The van der Waals surface area contributed by atoms with Crippen LogP contribution in [0, 0.1) is 12.8 Å². The summed E-state index contributed by atoms with van der Waals surface area (Å²) >= 11 is 0. The van der Waals surface area contributed by atoms with Crippen molar-refractivity contribution in [2.75, 3.05) is 20.2 Å². The number of hydrogen-bond donors (Lipinski definition) is 0. The van der Waals surface area contributed by atoms with Gasteiger partial charge in [-0.05, 0) is 62.1 Å². The number of likely N-dealkylation sites (tertiary alicyclic amines) is 1. The van der Waals surface area contributed by atoms with Gasteiger partial charge in [-0.2, -0.15) is 8.42 Å².